The maximum atomic E-state index is 11.7. The van der Waals surface area contributed by atoms with Gasteiger partial charge in [0, 0.05) is 11.9 Å². The second kappa shape index (κ2) is 5.00. The molecule has 0 N–H and O–H groups in total. The number of hydrogen-bond acceptors (Lipinski definition) is 5. The van der Waals surface area contributed by atoms with Gasteiger partial charge in [0.25, 0.3) is 0 Å². The highest BCUT2D eigenvalue weighted by atomic mass is 16.5. The lowest BCUT2D eigenvalue weighted by atomic mass is 10.2. The summed E-state index contributed by atoms with van der Waals surface area (Å²) < 4.78 is 10.4. The van der Waals surface area contributed by atoms with Gasteiger partial charge < -0.3 is 9.15 Å². The van der Waals surface area contributed by atoms with Crippen molar-refractivity contribution in [1.29, 1.82) is 0 Å². The maximum Gasteiger partial charge on any atom is 0.340 e. The van der Waals surface area contributed by atoms with Gasteiger partial charge in [-0.05, 0) is 32.9 Å². The van der Waals surface area contributed by atoms with Crippen LogP contribution < -0.4 is 0 Å². The van der Waals surface area contributed by atoms with E-state index in [0.717, 1.165) is 17.1 Å². The first kappa shape index (κ1) is 12.3. The molecule has 0 saturated carbocycles. The molecule has 5 heteroatoms. The molecule has 0 saturated heterocycles. The number of pyridine rings is 1. The molecular formula is C13H14N2O3. The SMILES string of the molecule is Cc1ccc(C(=O)OCc2nc(C)c(C)o2)cn1. The third-order valence-electron chi connectivity index (χ3n) is 2.55. The summed E-state index contributed by atoms with van der Waals surface area (Å²) in [6.07, 6.45) is 1.49. The molecule has 0 aliphatic carbocycles. The van der Waals surface area contributed by atoms with E-state index >= 15 is 0 Å². The summed E-state index contributed by atoms with van der Waals surface area (Å²) in [6, 6.07) is 3.44. The van der Waals surface area contributed by atoms with Crippen LogP contribution in [0.15, 0.2) is 22.7 Å². The Bertz CT molecular complexity index is 539. The van der Waals surface area contributed by atoms with Crippen LogP contribution in [0.25, 0.3) is 0 Å². The first-order chi connectivity index (χ1) is 8.56. The summed E-state index contributed by atoms with van der Waals surface area (Å²) in [5.74, 6) is 0.701. The van der Waals surface area contributed by atoms with E-state index < -0.39 is 5.97 Å². The number of nitrogens with zero attached hydrogens (tertiary/aromatic N) is 2. The van der Waals surface area contributed by atoms with Crippen molar-refractivity contribution in [3.63, 3.8) is 0 Å². The Kier molecular flexibility index (Phi) is 3.41. The number of carbonyl (C=O) groups excluding carboxylic acids is 1. The van der Waals surface area contributed by atoms with E-state index in [-0.39, 0.29) is 6.61 Å². The number of hydrogen-bond donors (Lipinski definition) is 0. The van der Waals surface area contributed by atoms with Crippen molar-refractivity contribution >= 4 is 5.97 Å². The monoisotopic (exact) mass is 246 g/mol. The molecule has 2 aromatic heterocycles. The summed E-state index contributed by atoms with van der Waals surface area (Å²) in [5, 5.41) is 0. The Labute approximate surface area is 105 Å². The number of aryl methyl sites for hydroxylation is 3. The highest BCUT2D eigenvalue weighted by Gasteiger charge is 2.11. The minimum absolute atomic E-state index is 0.0292. The fourth-order valence-electron chi connectivity index (χ4n) is 1.40. The third-order valence-corrected chi connectivity index (χ3v) is 2.55. The minimum atomic E-state index is -0.434. The van der Waals surface area contributed by atoms with Crippen LogP contribution in [-0.2, 0) is 11.3 Å². The molecule has 2 rings (SSSR count). The molecule has 0 radical (unpaired) electrons. The molecule has 0 spiro atoms. The number of oxazole rings is 1. The van der Waals surface area contributed by atoms with Gasteiger partial charge in [0.05, 0.1) is 11.3 Å². The van der Waals surface area contributed by atoms with Crippen molar-refractivity contribution in [2.45, 2.75) is 27.4 Å². The van der Waals surface area contributed by atoms with Crippen molar-refractivity contribution in [3.05, 3.63) is 46.9 Å². The number of carbonyl (C=O) groups is 1. The molecule has 0 unspecified atom stereocenters. The first-order valence-corrected chi connectivity index (χ1v) is 5.59. The molecular weight excluding hydrogens is 232 g/mol. The quantitative estimate of drug-likeness (QED) is 0.778. The highest BCUT2D eigenvalue weighted by Crippen LogP contribution is 2.10. The van der Waals surface area contributed by atoms with E-state index in [0.29, 0.717) is 11.5 Å². The van der Waals surface area contributed by atoms with Gasteiger partial charge in [0.1, 0.15) is 5.76 Å². The molecule has 0 amide bonds. The van der Waals surface area contributed by atoms with Crippen LogP contribution in [0, 0.1) is 20.8 Å². The average molecular weight is 246 g/mol. The fraction of sp³-hybridized carbons (Fsp3) is 0.308. The largest absolute Gasteiger partial charge is 0.452 e. The van der Waals surface area contributed by atoms with Crippen LogP contribution >= 0.6 is 0 Å². The molecule has 94 valence electrons. The normalized spacial score (nSPS) is 10.4. The Balaban J connectivity index is 1.98. The molecule has 2 heterocycles. The maximum absolute atomic E-state index is 11.7. The van der Waals surface area contributed by atoms with Gasteiger partial charge in [-0.3, -0.25) is 4.98 Å². The van der Waals surface area contributed by atoms with Crippen molar-refractivity contribution < 1.29 is 13.9 Å². The molecule has 5 nitrogen and oxygen atoms in total. The molecule has 0 aliphatic rings. The predicted molar refractivity (Wildman–Crippen MR) is 64.1 cm³/mol. The van der Waals surface area contributed by atoms with Crippen molar-refractivity contribution in [2.24, 2.45) is 0 Å². The standard InChI is InChI=1S/C13H14N2O3/c1-8-4-5-11(6-14-8)13(16)17-7-12-15-9(2)10(3)18-12/h4-6H,7H2,1-3H3. The molecule has 0 aromatic carbocycles. The summed E-state index contributed by atoms with van der Waals surface area (Å²) >= 11 is 0. The smallest absolute Gasteiger partial charge is 0.340 e. The van der Waals surface area contributed by atoms with Gasteiger partial charge in [0.2, 0.25) is 5.89 Å². The lowest BCUT2D eigenvalue weighted by Crippen LogP contribution is -2.06. The zero-order chi connectivity index (χ0) is 13.1. The predicted octanol–water partition coefficient (Wildman–Crippen LogP) is 2.35. The van der Waals surface area contributed by atoms with Crippen LogP contribution in [0.1, 0.15) is 33.4 Å². The van der Waals surface area contributed by atoms with Gasteiger partial charge in [-0.25, -0.2) is 9.78 Å². The highest BCUT2D eigenvalue weighted by molar-refractivity contribution is 5.88. The van der Waals surface area contributed by atoms with Crippen LogP contribution in [0.3, 0.4) is 0 Å². The van der Waals surface area contributed by atoms with Crippen molar-refractivity contribution in [1.82, 2.24) is 9.97 Å². The van der Waals surface area contributed by atoms with E-state index in [4.69, 9.17) is 9.15 Å². The van der Waals surface area contributed by atoms with Gasteiger partial charge in [-0.2, -0.15) is 0 Å². The van der Waals surface area contributed by atoms with Gasteiger partial charge in [-0.1, -0.05) is 0 Å². The Morgan fingerprint density at radius 2 is 2.11 bits per heavy atom. The fourth-order valence-corrected chi connectivity index (χ4v) is 1.40. The lowest BCUT2D eigenvalue weighted by molar-refractivity contribution is 0.0436. The Morgan fingerprint density at radius 1 is 1.33 bits per heavy atom. The zero-order valence-corrected chi connectivity index (χ0v) is 10.6. The zero-order valence-electron chi connectivity index (χ0n) is 10.6. The summed E-state index contributed by atoms with van der Waals surface area (Å²) in [4.78, 5) is 19.9. The molecule has 2 aromatic rings. The molecule has 0 atom stereocenters. The van der Waals surface area contributed by atoms with E-state index in [2.05, 4.69) is 9.97 Å². The molecule has 0 fully saturated rings. The number of rotatable bonds is 3. The lowest BCUT2D eigenvalue weighted by Gasteiger charge is -2.01. The van der Waals surface area contributed by atoms with E-state index in [1.54, 1.807) is 12.1 Å². The Morgan fingerprint density at radius 3 is 2.67 bits per heavy atom. The van der Waals surface area contributed by atoms with E-state index in [1.807, 2.05) is 20.8 Å². The minimum Gasteiger partial charge on any atom is -0.452 e. The summed E-state index contributed by atoms with van der Waals surface area (Å²) in [5.41, 5.74) is 2.07. The molecule has 0 aliphatic heterocycles. The van der Waals surface area contributed by atoms with Gasteiger partial charge in [0.15, 0.2) is 6.61 Å². The van der Waals surface area contributed by atoms with Gasteiger partial charge in [-0.15, -0.1) is 0 Å². The molecule has 18 heavy (non-hydrogen) atoms. The average Bonchev–Trinajstić information content (AvgIpc) is 2.67. The summed E-state index contributed by atoms with van der Waals surface area (Å²) in [6.45, 7) is 5.54. The van der Waals surface area contributed by atoms with Crippen LogP contribution in [0.2, 0.25) is 0 Å². The van der Waals surface area contributed by atoms with Crippen LogP contribution in [-0.4, -0.2) is 15.9 Å². The Hall–Kier alpha value is -2.17. The molecule has 0 bridgehead atoms. The topological polar surface area (TPSA) is 65.2 Å². The summed E-state index contributed by atoms with van der Waals surface area (Å²) in [7, 11) is 0. The number of esters is 1. The van der Waals surface area contributed by atoms with Crippen LogP contribution in [0.5, 0.6) is 0 Å². The van der Waals surface area contributed by atoms with E-state index in [1.165, 1.54) is 6.20 Å². The van der Waals surface area contributed by atoms with Crippen LogP contribution in [0.4, 0.5) is 0 Å². The van der Waals surface area contributed by atoms with E-state index in [9.17, 15) is 4.79 Å². The van der Waals surface area contributed by atoms with Gasteiger partial charge >= 0.3 is 5.97 Å². The first-order valence-electron chi connectivity index (χ1n) is 5.59. The van der Waals surface area contributed by atoms with Crippen molar-refractivity contribution in [2.75, 3.05) is 0 Å². The third kappa shape index (κ3) is 2.74. The number of aromatic nitrogens is 2. The van der Waals surface area contributed by atoms with Crippen molar-refractivity contribution in [3.8, 4) is 0 Å². The number of ether oxygens (including phenoxy) is 1. The second-order valence-electron chi connectivity index (χ2n) is 4.01. The second-order valence-corrected chi connectivity index (χ2v) is 4.01.